The summed E-state index contributed by atoms with van der Waals surface area (Å²) in [5, 5.41) is 0.772. The summed E-state index contributed by atoms with van der Waals surface area (Å²) in [5.74, 6) is 0. The van der Waals surface area contributed by atoms with E-state index in [4.69, 9.17) is 4.74 Å². The van der Waals surface area contributed by atoms with E-state index in [1.807, 2.05) is 12.3 Å². The maximum Gasteiger partial charge on any atom is 0.187 e. The fraction of sp³-hybridized carbons (Fsp3) is 0.250. The van der Waals surface area contributed by atoms with E-state index < -0.39 is 0 Å². The van der Waals surface area contributed by atoms with Crippen LogP contribution in [0.4, 0.5) is 0 Å². The molecule has 3 nitrogen and oxygen atoms in total. The van der Waals surface area contributed by atoms with Crippen LogP contribution in [0.2, 0.25) is 0 Å². The Morgan fingerprint density at radius 2 is 2.42 bits per heavy atom. The summed E-state index contributed by atoms with van der Waals surface area (Å²) in [7, 11) is 1.60. The van der Waals surface area contributed by atoms with E-state index in [1.54, 1.807) is 25.6 Å². The van der Waals surface area contributed by atoms with Crippen molar-refractivity contribution >= 4 is 17.8 Å². The molecule has 1 heterocycles. The number of aromatic nitrogens is 2. The van der Waals surface area contributed by atoms with Gasteiger partial charge in [-0.25, -0.2) is 9.97 Å². The molecule has 4 heteroatoms. The van der Waals surface area contributed by atoms with Crippen molar-refractivity contribution in [1.82, 2.24) is 9.97 Å². The molecule has 0 aliphatic carbocycles. The monoisotopic (exact) mass is 182 g/mol. The number of nitrogens with zero attached hydrogens (tertiary/aromatic N) is 2. The van der Waals surface area contributed by atoms with Gasteiger partial charge in [-0.2, -0.15) is 0 Å². The Hall–Kier alpha value is -1.03. The number of methoxy groups -OCH3 is 1. The average molecular weight is 182 g/mol. The minimum Gasteiger partial charge on any atom is -0.504 e. The summed E-state index contributed by atoms with van der Waals surface area (Å²) in [6.07, 6.45) is 7.06. The summed E-state index contributed by atoms with van der Waals surface area (Å²) in [4.78, 5) is 8.26. The lowest BCUT2D eigenvalue weighted by Crippen LogP contribution is -1.87. The Bertz CT molecular complexity index is 276. The molecule has 0 aromatic carbocycles. The topological polar surface area (TPSA) is 35.0 Å². The van der Waals surface area contributed by atoms with Crippen molar-refractivity contribution in [2.45, 2.75) is 5.16 Å². The van der Waals surface area contributed by atoms with Crippen LogP contribution in [-0.4, -0.2) is 23.3 Å². The van der Waals surface area contributed by atoms with Gasteiger partial charge in [0.2, 0.25) is 0 Å². The molecule has 0 aliphatic heterocycles. The standard InChI is InChI=1S/C8H10N2OS/c1-11-6-4-7-3-5-9-8(10-7)12-2/h3-6H,1-2H3/b6-4+. The molecule has 0 bridgehead atoms. The van der Waals surface area contributed by atoms with Gasteiger partial charge in [0, 0.05) is 6.20 Å². The number of hydrogen-bond acceptors (Lipinski definition) is 4. The molecule has 0 amide bonds. The molecule has 12 heavy (non-hydrogen) atoms. The van der Waals surface area contributed by atoms with E-state index in [0.29, 0.717) is 0 Å². The normalized spacial score (nSPS) is 10.5. The highest BCUT2D eigenvalue weighted by molar-refractivity contribution is 7.98. The molecule has 0 radical (unpaired) electrons. The van der Waals surface area contributed by atoms with Crippen molar-refractivity contribution in [3.05, 3.63) is 24.2 Å². The molecular weight excluding hydrogens is 172 g/mol. The van der Waals surface area contributed by atoms with Gasteiger partial charge in [0.05, 0.1) is 19.1 Å². The third-order valence-corrected chi connectivity index (χ3v) is 1.77. The van der Waals surface area contributed by atoms with Crippen LogP contribution in [0.5, 0.6) is 0 Å². The first-order valence-electron chi connectivity index (χ1n) is 3.43. The SMILES string of the molecule is CO/C=C/c1ccnc(SC)n1. The average Bonchev–Trinajstić information content (AvgIpc) is 2.15. The van der Waals surface area contributed by atoms with E-state index in [9.17, 15) is 0 Å². The van der Waals surface area contributed by atoms with E-state index in [0.717, 1.165) is 10.9 Å². The van der Waals surface area contributed by atoms with Gasteiger partial charge in [0.1, 0.15) is 0 Å². The Morgan fingerprint density at radius 1 is 1.58 bits per heavy atom. The summed E-state index contributed by atoms with van der Waals surface area (Å²) in [6.45, 7) is 0. The number of rotatable bonds is 3. The summed E-state index contributed by atoms with van der Waals surface area (Å²) in [5.41, 5.74) is 0.858. The van der Waals surface area contributed by atoms with Crippen molar-refractivity contribution in [1.29, 1.82) is 0 Å². The molecule has 0 saturated heterocycles. The highest BCUT2D eigenvalue weighted by Crippen LogP contribution is 2.08. The van der Waals surface area contributed by atoms with Gasteiger partial charge in [0.25, 0.3) is 0 Å². The first-order valence-corrected chi connectivity index (χ1v) is 4.65. The third kappa shape index (κ3) is 2.54. The van der Waals surface area contributed by atoms with E-state index in [-0.39, 0.29) is 0 Å². The van der Waals surface area contributed by atoms with Crippen LogP contribution < -0.4 is 0 Å². The van der Waals surface area contributed by atoms with Crippen molar-refractivity contribution < 1.29 is 4.74 Å². The van der Waals surface area contributed by atoms with Gasteiger partial charge in [0.15, 0.2) is 5.16 Å². The van der Waals surface area contributed by atoms with Crippen LogP contribution in [0.15, 0.2) is 23.7 Å². The Labute approximate surface area is 75.9 Å². The zero-order valence-corrected chi connectivity index (χ0v) is 7.84. The van der Waals surface area contributed by atoms with Gasteiger partial charge in [-0.3, -0.25) is 0 Å². The van der Waals surface area contributed by atoms with Crippen LogP contribution >= 0.6 is 11.8 Å². The molecule has 64 valence electrons. The molecule has 1 aromatic heterocycles. The third-order valence-electron chi connectivity index (χ3n) is 1.21. The highest BCUT2D eigenvalue weighted by Gasteiger charge is 1.92. The largest absolute Gasteiger partial charge is 0.504 e. The number of thioether (sulfide) groups is 1. The predicted octanol–water partition coefficient (Wildman–Crippen LogP) is 1.82. The van der Waals surface area contributed by atoms with Crippen molar-refractivity contribution in [2.75, 3.05) is 13.4 Å². The molecule has 0 fully saturated rings. The lowest BCUT2D eigenvalue weighted by atomic mass is 10.4. The molecule has 0 unspecified atom stereocenters. The van der Waals surface area contributed by atoms with Crippen LogP contribution in [0.1, 0.15) is 5.69 Å². The maximum absolute atomic E-state index is 4.77. The molecule has 1 aromatic rings. The summed E-state index contributed by atoms with van der Waals surface area (Å²) < 4.78 is 4.77. The molecule has 0 saturated carbocycles. The molecular formula is C8H10N2OS. The minimum atomic E-state index is 0.772. The lowest BCUT2D eigenvalue weighted by Gasteiger charge is -1.95. The number of hydrogen-bond donors (Lipinski definition) is 0. The van der Waals surface area contributed by atoms with Crippen LogP contribution in [0.25, 0.3) is 6.08 Å². The van der Waals surface area contributed by atoms with E-state index in [1.165, 1.54) is 11.8 Å². The summed E-state index contributed by atoms with van der Waals surface area (Å²) in [6, 6.07) is 1.83. The van der Waals surface area contributed by atoms with Gasteiger partial charge in [-0.1, -0.05) is 11.8 Å². The van der Waals surface area contributed by atoms with Crippen molar-refractivity contribution in [3.63, 3.8) is 0 Å². The molecule has 0 spiro atoms. The van der Waals surface area contributed by atoms with Gasteiger partial charge in [-0.05, 0) is 18.4 Å². The van der Waals surface area contributed by atoms with Gasteiger partial charge in [-0.15, -0.1) is 0 Å². The van der Waals surface area contributed by atoms with Crippen LogP contribution in [0, 0.1) is 0 Å². The first-order chi connectivity index (χ1) is 5.86. The van der Waals surface area contributed by atoms with Gasteiger partial charge < -0.3 is 4.74 Å². The first kappa shape index (κ1) is 9.06. The highest BCUT2D eigenvalue weighted by atomic mass is 32.2. The second-order valence-electron chi connectivity index (χ2n) is 2.01. The van der Waals surface area contributed by atoms with E-state index >= 15 is 0 Å². The predicted molar refractivity (Wildman–Crippen MR) is 49.9 cm³/mol. The second kappa shape index (κ2) is 4.77. The zero-order valence-electron chi connectivity index (χ0n) is 7.02. The Kier molecular flexibility index (Phi) is 3.60. The van der Waals surface area contributed by atoms with Gasteiger partial charge >= 0.3 is 0 Å². The smallest absolute Gasteiger partial charge is 0.187 e. The minimum absolute atomic E-state index is 0.772. The zero-order chi connectivity index (χ0) is 8.81. The maximum atomic E-state index is 4.77. The lowest BCUT2D eigenvalue weighted by molar-refractivity contribution is 0.341. The van der Waals surface area contributed by atoms with Crippen LogP contribution in [-0.2, 0) is 4.74 Å². The van der Waals surface area contributed by atoms with Crippen molar-refractivity contribution in [3.8, 4) is 0 Å². The molecule has 0 atom stereocenters. The molecule has 0 N–H and O–H groups in total. The van der Waals surface area contributed by atoms with Crippen LogP contribution in [0.3, 0.4) is 0 Å². The number of ether oxygens (including phenoxy) is 1. The Balaban J connectivity index is 2.79. The van der Waals surface area contributed by atoms with E-state index in [2.05, 4.69) is 9.97 Å². The molecule has 1 rings (SSSR count). The molecule has 0 aliphatic rings. The quantitative estimate of drug-likeness (QED) is 0.406. The Morgan fingerprint density at radius 3 is 3.08 bits per heavy atom. The fourth-order valence-corrected chi connectivity index (χ4v) is 1.05. The summed E-state index contributed by atoms with van der Waals surface area (Å²) >= 11 is 1.52. The fourth-order valence-electron chi connectivity index (χ4n) is 0.683. The van der Waals surface area contributed by atoms with Crippen molar-refractivity contribution in [2.24, 2.45) is 0 Å². The second-order valence-corrected chi connectivity index (χ2v) is 2.78.